The van der Waals surface area contributed by atoms with Crippen LogP contribution in [0.2, 0.25) is 0 Å². The molecule has 0 saturated carbocycles. The molecule has 1 N–H and O–H groups in total. The quantitative estimate of drug-likeness (QED) is 0.363. The van der Waals surface area contributed by atoms with Crippen LogP contribution in [0.25, 0.3) is 28.1 Å². The molecule has 0 spiro atoms. The Morgan fingerprint density at radius 2 is 1.52 bits per heavy atom. The third-order valence-corrected chi connectivity index (χ3v) is 5.74. The molecule has 31 heavy (non-hydrogen) atoms. The van der Waals surface area contributed by atoms with E-state index in [2.05, 4.69) is 112 Å². The summed E-state index contributed by atoms with van der Waals surface area (Å²) in [6.45, 7) is 9.78. The molecular weight excluding hydrogens is 378 g/mol. The lowest BCUT2D eigenvalue weighted by Crippen LogP contribution is -2.25. The summed E-state index contributed by atoms with van der Waals surface area (Å²) in [5.41, 5.74) is 8.17. The molecule has 158 valence electrons. The Balaban J connectivity index is 1.92. The van der Waals surface area contributed by atoms with E-state index in [0.717, 1.165) is 29.1 Å². The summed E-state index contributed by atoms with van der Waals surface area (Å²) < 4.78 is 2.00. The summed E-state index contributed by atoms with van der Waals surface area (Å²) >= 11 is 0. The summed E-state index contributed by atoms with van der Waals surface area (Å²) in [4.78, 5) is 0. The number of nitrogens with one attached hydrogen (secondary N) is 1. The lowest BCUT2D eigenvalue weighted by atomic mass is 9.88. The highest BCUT2D eigenvalue weighted by Crippen LogP contribution is 2.37. The van der Waals surface area contributed by atoms with Crippen molar-refractivity contribution in [2.45, 2.75) is 33.7 Å². The smallest absolute Gasteiger partial charge is 0.101 e. The molecule has 0 radical (unpaired) electrons. The zero-order valence-electron chi connectivity index (χ0n) is 18.8. The van der Waals surface area contributed by atoms with Gasteiger partial charge in [-0.1, -0.05) is 93.1 Å². The molecule has 3 heteroatoms. The Kier molecular flexibility index (Phi) is 6.34. The Morgan fingerprint density at radius 1 is 0.839 bits per heavy atom. The minimum absolute atomic E-state index is 0.284. The molecule has 3 aromatic carbocycles. The van der Waals surface area contributed by atoms with Gasteiger partial charge in [0, 0.05) is 23.4 Å². The van der Waals surface area contributed by atoms with Crippen LogP contribution in [0.3, 0.4) is 0 Å². The number of benzene rings is 3. The first-order valence-electron chi connectivity index (χ1n) is 11.1. The molecule has 1 unspecified atom stereocenters. The number of hydrogen-bond acceptors (Lipinski definition) is 2. The van der Waals surface area contributed by atoms with Crippen molar-refractivity contribution < 1.29 is 0 Å². The summed E-state index contributed by atoms with van der Waals surface area (Å²) in [5, 5.41) is 8.73. The molecule has 1 heterocycles. The van der Waals surface area contributed by atoms with E-state index in [1.807, 2.05) is 10.7 Å². The lowest BCUT2D eigenvalue weighted by molar-refractivity contribution is 0.422. The van der Waals surface area contributed by atoms with Gasteiger partial charge in [0.1, 0.15) is 5.69 Å². The highest BCUT2D eigenvalue weighted by molar-refractivity contribution is 5.82. The van der Waals surface area contributed by atoms with Gasteiger partial charge in [0.05, 0.1) is 5.69 Å². The van der Waals surface area contributed by atoms with Crippen LogP contribution >= 0.6 is 0 Å². The number of rotatable bonds is 7. The minimum atomic E-state index is 0.284. The Hall–Kier alpha value is -3.17. The third kappa shape index (κ3) is 4.47. The maximum Gasteiger partial charge on any atom is 0.101 e. The van der Waals surface area contributed by atoms with Gasteiger partial charge in [0.25, 0.3) is 0 Å². The van der Waals surface area contributed by atoms with Gasteiger partial charge in [-0.25, -0.2) is 4.68 Å². The molecule has 0 aliphatic carbocycles. The predicted octanol–water partition coefficient (Wildman–Crippen LogP) is 6.82. The number of aryl methyl sites for hydroxylation is 1. The fourth-order valence-electron chi connectivity index (χ4n) is 4.15. The van der Waals surface area contributed by atoms with Crippen LogP contribution in [0.5, 0.6) is 0 Å². The van der Waals surface area contributed by atoms with E-state index in [1.165, 1.54) is 16.7 Å². The molecule has 1 aromatic heterocycles. The molecule has 0 aliphatic rings. The standard InChI is InChI=1S/C28H31N3/c1-5-29-27(20(2)3)25-14-10-9-13-24(25)26-19-31(23-11-7-6-8-12-23)30-28(26)22-17-15-21(4)16-18-22/h6-20,27,29H,5H2,1-4H3. The van der Waals surface area contributed by atoms with Crippen molar-refractivity contribution in [3.63, 3.8) is 0 Å². The van der Waals surface area contributed by atoms with Crippen molar-refractivity contribution in [1.29, 1.82) is 0 Å². The predicted molar refractivity (Wildman–Crippen MR) is 130 cm³/mol. The van der Waals surface area contributed by atoms with E-state index in [0.29, 0.717) is 5.92 Å². The van der Waals surface area contributed by atoms with Gasteiger partial charge in [-0.2, -0.15) is 5.10 Å². The normalized spacial score (nSPS) is 12.3. The maximum atomic E-state index is 5.04. The largest absolute Gasteiger partial charge is 0.310 e. The van der Waals surface area contributed by atoms with Crippen molar-refractivity contribution in [2.75, 3.05) is 6.54 Å². The third-order valence-electron chi connectivity index (χ3n) is 5.74. The Morgan fingerprint density at radius 3 is 2.19 bits per heavy atom. The number of nitrogens with zero attached hydrogens (tertiary/aromatic N) is 2. The highest BCUT2D eigenvalue weighted by Gasteiger charge is 2.22. The minimum Gasteiger partial charge on any atom is -0.310 e. The molecule has 0 amide bonds. The van der Waals surface area contributed by atoms with Crippen LogP contribution in [0.15, 0.2) is 85.1 Å². The van der Waals surface area contributed by atoms with E-state index in [-0.39, 0.29) is 6.04 Å². The Bertz CT molecular complexity index is 1120. The number of hydrogen-bond donors (Lipinski definition) is 1. The molecule has 0 fully saturated rings. The van der Waals surface area contributed by atoms with Gasteiger partial charge in [-0.05, 0) is 42.6 Å². The van der Waals surface area contributed by atoms with Crippen molar-refractivity contribution in [3.8, 4) is 28.1 Å². The second-order valence-corrected chi connectivity index (χ2v) is 8.40. The van der Waals surface area contributed by atoms with Crippen LogP contribution in [0, 0.1) is 12.8 Å². The van der Waals surface area contributed by atoms with Gasteiger partial charge in [0.15, 0.2) is 0 Å². The van der Waals surface area contributed by atoms with Crippen molar-refractivity contribution in [3.05, 3.63) is 96.2 Å². The monoisotopic (exact) mass is 409 g/mol. The van der Waals surface area contributed by atoms with E-state index < -0.39 is 0 Å². The molecule has 0 bridgehead atoms. The molecule has 4 rings (SSSR count). The van der Waals surface area contributed by atoms with Crippen LogP contribution < -0.4 is 5.32 Å². The first kappa shape index (κ1) is 21.1. The highest BCUT2D eigenvalue weighted by atomic mass is 15.3. The summed E-state index contributed by atoms with van der Waals surface area (Å²) in [5.74, 6) is 0.480. The summed E-state index contributed by atoms with van der Waals surface area (Å²) in [6, 6.07) is 28.0. The van der Waals surface area contributed by atoms with Crippen LogP contribution in [0.1, 0.15) is 37.9 Å². The van der Waals surface area contributed by atoms with Crippen LogP contribution in [0.4, 0.5) is 0 Å². The van der Waals surface area contributed by atoms with Gasteiger partial charge >= 0.3 is 0 Å². The van der Waals surface area contributed by atoms with Gasteiger partial charge in [0.2, 0.25) is 0 Å². The topological polar surface area (TPSA) is 29.9 Å². The van der Waals surface area contributed by atoms with Crippen LogP contribution in [-0.2, 0) is 0 Å². The summed E-state index contributed by atoms with van der Waals surface area (Å²) in [7, 11) is 0. The van der Waals surface area contributed by atoms with Crippen molar-refractivity contribution >= 4 is 0 Å². The van der Waals surface area contributed by atoms with Gasteiger partial charge in [-0.15, -0.1) is 0 Å². The maximum absolute atomic E-state index is 5.04. The van der Waals surface area contributed by atoms with E-state index in [4.69, 9.17) is 5.10 Å². The van der Waals surface area contributed by atoms with Crippen molar-refractivity contribution in [1.82, 2.24) is 15.1 Å². The summed E-state index contributed by atoms with van der Waals surface area (Å²) in [6.07, 6.45) is 2.17. The molecule has 0 saturated heterocycles. The number of aromatic nitrogens is 2. The molecule has 0 aliphatic heterocycles. The molecule has 3 nitrogen and oxygen atoms in total. The second-order valence-electron chi connectivity index (χ2n) is 8.40. The van der Waals surface area contributed by atoms with E-state index in [1.54, 1.807) is 0 Å². The molecular formula is C28H31N3. The lowest BCUT2D eigenvalue weighted by Gasteiger charge is -2.25. The first-order chi connectivity index (χ1) is 15.1. The van der Waals surface area contributed by atoms with E-state index >= 15 is 0 Å². The van der Waals surface area contributed by atoms with Crippen LogP contribution in [-0.4, -0.2) is 16.3 Å². The Labute approximate surface area is 185 Å². The van der Waals surface area contributed by atoms with Crippen molar-refractivity contribution in [2.24, 2.45) is 5.92 Å². The average molecular weight is 410 g/mol. The second kappa shape index (κ2) is 9.32. The van der Waals surface area contributed by atoms with E-state index in [9.17, 15) is 0 Å². The average Bonchev–Trinajstić information content (AvgIpc) is 3.24. The zero-order valence-corrected chi connectivity index (χ0v) is 18.8. The van der Waals surface area contributed by atoms with Gasteiger partial charge in [-0.3, -0.25) is 0 Å². The molecule has 4 aromatic rings. The zero-order chi connectivity index (χ0) is 21.8. The fraction of sp³-hybridized carbons (Fsp3) is 0.250. The van der Waals surface area contributed by atoms with Gasteiger partial charge < -0.3 is 5.32 Å². The fourth-order valence-corrected chi connectivity index (χ4v) is 4.15. The first-order valence-corrected chi connectivity index (χ1v) is 11.1. The SMILES string of the molecule is CCNC(c1ccccc1-c1cn(-c2ccccc2)nc1-c1ccc(C)cc1)C(C)C. The number of para-hydroxylation sites is 1. The molecule has 1 atom stereocenters.